The van der Waals surface area contributed by atoms with E-state index in [0.717, 1.165) is 22.9 Å². The van der Waals surface area contributed by atoms with Gasteiger partial charge in [-0.15, -0.1) is 0 Å². The highest BCUT2D eigenvalue weighted by molar-refractivity contribution is 6.12. The van der Waals surface area contributed by atoms with Gasteiger partial charge < -0.3 is 19.6 Å². The lowest BCUT2D eigenvalue weighted by Crippen LogP contribution is -2.60. The van der Waals surface area contributed by atoms with E-state index < -0.39 is 66.0 Å². The molecular formula is C29H25F4N3O6. The SMILES string of the molecule is CC(C)[C@@]1(C(=O)N[C@H]2CC(=O)O[C@@]2(CF)OC(=O)c2ccc(C(F)(F)F)cc2)CC(c2nccc3ccccc23)=NO1. The number of benzene rings is 2. The average Bonchev–Trinajstić information content (AvgIpc) is 3.55. The number of oxime groups is 1. The third-order valence-corrected chi connectivity index (χ3v) is 7.41. The van der Waals surface area contributed by atoms with Gasteiger partial charge in [0.1, 0.15) is 11.8 Å². The smallest absolute Gasteiger partial charge is 0.416 e. The van der Waals surface area contributed by atoms with E-state index in [4.69, 9.17) is 14.3 Å². The average molecular weight is 588 g/mol. The van der Waals surface area contributed by atoms with E-state index in [9.17, 15) is 31.9 Å². The number of rotatable bonds is 7. The van der Waals surface area contributed by atoms with Gasteiger partial charge in [-0.2, -0.15) is 13.2 Å². The van der Waals surface area contributed by atoms with Gasteiger partial charge in [0, 0.05) is 23.9 Å². The molecule has 3 atom stereocenters. The minimum Gasteiger partial charge on any atom is -0.417 e. The third-order valence-electron chi connectivity index (χ3n) is 7.41. The number of nitrogens with one attached hydrogen (secondary N) is 1. The molecule has 42 heavy (non-hydrogen) atoms. The Labute approximate surface area is 236 Å². The summed E-state index contributed by atoms with van der Waals surface area (Å²) in [5.74, 6) is -5.99. The number of hydrogen-bond donors (Lipinski definition) is 1. The molecule has 3 aromatic rings. The first kappa shape index (κ1) is 29.0. The molecular weight excluding hydrogens is 562 g/mol. The van der Waals surface area contributed by atoms with Crippen molar-refractivity contribution in [3.8, 4) is 0 Å². The second-order valence-corrected chi connectivity index (χ2v) is 10.3. The van der Waals surface area contributed by atoms with Crippen molar-refractivity contribution >= 4 is 34.3 Å². The number of aromatic nitrogens is 1. The van der Waals surface area contributed by atoms with Crippen LogP contribution in [0.2, 0.25) is 0 Å². The summed E-state index contributed by atoms with van der Waals surface area (Å²) in [5, 5.41) is 8.41. The topological polar surface area (TPSA) is 116 Å². The summed E-state index contributed by atoms with van der Waals surface area (Å²) in [6, 6.07) is 10.8. The number of carbonyl (C=O) groups is 3. The van der Waals surface area contributed by atoms with Crippen molar-refractivity contribution in [2.24, 2.45) is 11.1 Å². The van der Waals surface area contributed by atoms with Crippen LogP contribution >= 0.6 is 0 Å². The maximum atomic E-state index is 14.5. The Hall–Kier alpha value is -4.55. The maximum absolute atomic E-state index is 14.5. The van der Waals surface area contributed by atoms with E-state index in [1.54, 1.807) is 20.0 Å². The van der Waals surface area contributed by atoms with Gasteiger partial charge in [-0.1, -0.05) is 43.3 Å². The summed E-state index contributed by atoms with van der Waals surface area (Å²) in [4.78, 5) is 48.9. The second-order valence-electron chi connectivity index (χ2n) is 10.3. The molecule has 2 aromatic carbocycles. The van der Waals surface area contributed by atoms with E-state index >= 15 is 0 Å². The third kappa shape index (κ3) is 5.14. The number of hydrogen-bond acceptors (Lipinski definition) is 8. The van der Waals surface area contributed by atoms with Crippen LogP contribution in [0.15, 0.2) is 65.9 Å². The molecule has 9 nitrogen and oxygen atoms in total. The summed E-state index contributed by atoms with van der Waals surface area (Å²) >= 11 is 0. The van der Waals surface area contributed by atoms with Gasteiger partial charge in [-0.3, -0.25) is 14.6 Å². The molecule has 1 amide bonds. The van der Waals surface area contributed by atoms with Gasteiger partial charge in [-0.25, -0.2) is 9.18 Å². The van der Waals surface area contributed by atoms with Crippen molar-refractivity contribution in [1.82, 2.24) is 10.3 Å². The molecule has 0 bridgehead atoms. The molecule has 13 heteroatoms. The molecule has 0 unspecified atom stereocenters. The molecule has 0 saturated carbocycles. The minimum absolute atomic E-state index is 0.00695. The van der Waals surface area contributed by atoms with Crippen LogP contribution in [-0.4, -0.2) is 52.6 Å². The summed E-state index contributed by atoms with van der Waals surface area (Å²) in [7, 11) is 0. The van der Waals surface area contributed by atoms with Crippen molar-refractivity contribution in [1.29, 1.82) is 0 Å². The summed E-state index contributed by atoms with van der Waals surface area (Å²) in [6.07, 6.45) is -3.58. The first-order valence-electron chi connectivity index (χ1n) is 13.0. The number of cyclic esters (lactones) is 1. The van der Waals surface area contributed by atoms with E-state index in [1.165, 1.54) is 0 Å². The molecule has 0 radical (unpaired) electrons. The maximum Gasteiger partial charge on any atom is 0.416 e. The number of halogens is 4. The van der Waals surface area contributed by atoms with Gasteiger partial charge in [0.2, 0.25) is 5.60 Å². The molecule has 2 aliphatic rings. The first-order chi connectivity index (χ1) is 19.9. The van der Waals surface area contributed by atoms with E-state index in [2.05, 4.69) is 15.5 Å². The molecule has 1 fully saturated rings. The predicted octanol–water partition coefficient (Wildman–Crippen LogP) is 4.73. The van der Waals surface area contributed by atoms with Crippen LogP contribution < -0.4 is 5.32 Å². The van der Waals surface area contributed by atoms with Gasteiger partial charge in [0.25, 0.3) is 5.91 Å². The quantitative estimate of drug-likeness (QED) is 0.314. The number of amides is 1. The van der Waals surface area contributed by atoms with Crippen molar-refractivity contribution in [2.75, 3.05) is 6.67 Å². The van der Waals surface area contributed by atoms with Crippen LogP contribution in [0.1, 0.15) is 48.3 Å². The van der Waals surface area contributed by atoms with Crippen LogP contribution in [0.4, 0.5) is 17.6 Å². The fraction of sp³-hybridized carbons (Fsp3) is 0.345. The Morgan fingerprint density at radius 1 is 1.12 bits per heavy atom. The van der Waals surface area contributed by atoms with Gasteiger partial charge in [0.05, 0.1) is 23.2 Å². The molecule has 0 spiro atoms. The Kier molecular flexibility index (Phi) is 7.37. The first-order valence-corrected chi connectivity index (χ1v) is 13.0. The highest BCUT2D eigenvalue weighted by atomic mass is 19.4. The van der Waals surface area contributed by atoms with Gasteiger partial charge in [0.15, 0.2) is 6.67 Å². The lowest BCUT2D eigenvalue weighted by molar-refractivity contribution is -0.203. The molecule has 3 heterocycles. The normalized spacial score (nSPS) is 23.8. The van der Waals surface area contributed by atoms with Crippen molar-refractivity contribution in [2.45, 2.75) is 50.3 Å². The molecule has 1 N–H and O–H groups in total. The Bertz CT molecular complexity index is 1570. The zero-order valence-corrected chi connectivity index (χ0v) is 22.4. The zero-order chi connectivity index (χ0) is 30.3. The van der Waals surface area contributed by atoms with Crippen molar-refractivity contribution in [3.05, 3.63) is 77.6 Å². The summed E-state index contributed by atoms with van der Waals surface area (Å²) < 4.78 is 63.4. The van der Waals surface area contributed by atoms with Crippen molar-refractivity contribution in [3.63, 3.8) is 0 Å². The van der Waals surface area contributed by atoms with Crippen LogP contribution in [0.5, 0.6) is 0 Å². The fourth-order valence-electron chi connectivity index (χ4n) is 4.94. The number of nitrogens with zero attached hydrogens (tertiary/aromatic N) is 2. The Balaban J connectivity index is 1.37. The molecule has 1 aromatic heterocycles. The monoisotopic (exact) mass is 587 g/mol. The zero-order valence-electron chi connectivity index (χ0n) is 22.4. The van der Waals surface area contributed by atoms with Gasteiger partial charge in [-0.05, 0) is 35.7 Å². The summed E-state index contributed by atoms with van der Waals surface area (Å²) in [6.45, 7) is 1.91. The number of esters is 2. The number of fused-ring (bicyclic) bond motifs is 1. The van der Waals surface area contributed by atoms with E-state index in [0.29, 0.717) is 23.5 Å². The number of carbonyl (C=O) groups excluding carboxylic acids is 3. The predicted molar refractivity (Wildman–Crippen MR) is 140 cm³/mol. The second kappa shape index (κ2) is 10.7. The minimum atomic E-state index is -4.64. The van der Waals surface area contributed by atoms with Crippen LogP contribution in [0.3, 0.4) is 0 Å². The molecule has 1 saturated heterocycles. The van der Waals surface area contributed by atoms with Crippen LogP contribution in [0.25, 0.3) is 10.8 Å². The highest BCUT2D eigenvalue weighted by Gasteiger charge is 2.58. The Morgan fingerprint density at radius 2 is 1.83 bits per heavy atom. The fourth-order valence-corrected chi connectivity index (χ4v) is 4.94. The lowest BCUT2D eigenvalue weighted by Gasteiger charge is -2.34. The number of ether oxygens (including phenoxy) is 2. The van der Waals surface area contributed by atoms with E-state index in [1.807, 2.05) is 30.3 Å². The largest absolute Gasteiger partial charge is 0.417 e. The molecule has 0 aliphatic carbocycles. The number of alkyl halides is 4. The molecule has 220 valence electrons. The standard InChI is InChI=1S/C29H25F4N3O6/c1-16(2)27(14-21(36-42-27)24-20-6-4-3-5-17(20)11-12-34-24)26(39)35-22-13-23(37)40-28(22,15-30)41-25(38)18-7-9-19(10-8-18)29(31,32)33/h3-12,16,22H,13-15H2,1-2H3,(H,35,39)/t22-,27+,28-/m0/s1. The lowest BCUT2D eigenvalue weighted by atomic mass is 9.83. The van der Waals surface area contributed by atoms with Crippen LogP contribution in [-0.2, 0) is 30.1 Å². The Morgan fingerprint density at radius 3 is 2.50 bits per heavy atom. The van der Waals surface area contributed by atoms with Crippen LogP contribution in [0, 0.1) is 5.92 Å². The molecule has 5 rings (SSSR count). The van der Waals surface area contributed by atoms with E-state index in [-0.39, 0.29) is 12.0 Å². The summed E-state index contributed by atoms with van der Waals surface area (Å²) in [5.41, 5.74) is -2.01. The molecule has 2 aliphatic heterocycles. The number of pyridine rings is 1. The van der Waals surface area contributed by atoms with Gasteiger partial charge >= 0.3 is 23.9 Å². The van der Waals surface area contributed by atoms with Crippen molar-refractivity contribution < 1.29 is 46.3 Å². The highest BCUT2D eigenvalue weighted by Crippen LogP contribution is 2.37.